The molecule has 11 aromatic carbocycles. The molecule has 0 N–H and O–H groups in total. The van der Waals surface area contributed by atoms with E-state index in [1.165, 1.54) is 86.2 Å². The number of hydrogen-bond donors (Lipinski definition) is 0. The molecule has 0 aliphatic heterocycles. The summed E-state index contributed by atoms with van der Waals surface area (Å²) < 4.78 is 8.71. The summed E-state index contributed by atoms with van der Waals surface area (Å²) in [5.41, 5.74) is 5.95. The minimum absolute atomic E-state index is 0.605. The van der Waals surface area contributed by atoms with Crippen LogP contribution in [0.2, 0.25) is 0 Å². The summed E-state index contributed by atoms with van der Waals surface area (Å²) >= 11 is 0. The van der Waals surface area contributed by atoms with Gasteiger partial charge >= 0.3 is 5.84 Å². The Labute approximate surface area is 331 Å². The molecule has 0 aliphatic rings. The van der Waals surface area contributed by atoms with Gasteiger partial charge in [-0.15, -0.1) is 0 Å². The average Bonchev–Trinajstić information content (AvgIpc) is 3.84. The van der Waals surface area contributed by atoms with E-state index in [1.54, 1.807) is 0 Å². The number of oxazole rings is 1. The highest BCUT2D eigenvalue weighted by Gasteiger charge is 2.18. The first-order valence-electron chi connectivity index (χ1n) is 19.9. The second-order valence-electron chi connectivity index (χ2n) is 15.4. The number of rotatable bonds is 1. The van der Waals surface area contributed by atoms with Gasteiger partial charge in [0.2, 0.25) is 0 Å². The maximum atomic E-state index is 6.58. The largest absolute Gasteiger partial charge is 0.422 e. The van der Waals surface area contributed by atoms with Crippen molar-refractivity contribution >= 4 is 114 Å². The average molecular weight is 737 g/mol. The maximum Gasteiger partial charge on any atom is 0.307 e. The normalized spacial score (nSPS) is 12.1. The number of hydrogen-bond acceptors (Lipinski definition) is 2. The molecule has 0 amide bonds. The Morgan fingerprint density at radius 1 is 0.310 bits per heavy atom. The molecular formula is C55H32N2O. The van der Waals surface area contributed by atoms with Crippen LogP contribution in [0.4, 0.5) is 0 Å². The van der Waals surface area contributed by atoms with E-state index in [1.807, 2.05) is 12.1 Å². The van der Waals surface area contributed by atoms with Gasteiger partial charge in [0.25, 0.3) is 0 Å². The molecule has 2 aromatic heterocycles. The second kappa shape index (κ2) is 11.9. The lowest BCUT2D eigenvalue weighted by atomic mass is 9.89. The summed E-state index contributed by atoms with van der Waals surface area (Å²) in [6, 6.07) is 71.1. The van der Waals surface area contributed by atoms with Gasteiger partial charge in [-0.25, -0.2) is 0 Å². The van der Waals surface area contributed by atoms with Gasteiger partial charge < -0.3 is 4.42 Å². The Balaban J connectivity index is 1.21. The van der Waals surface area contributed by atoms with Crippen molar-refractivity contribution < 1.29 is 4.42 Å². The van der Waals surface area contributed by atoms with Gasteiger partial charge in [0.1, 0.15) is 0 Å². The van der Waals surface area contributed by atoms with Crippen LogP contribution in [0.5, 0.6) is 0 Å². The predicted octanol–water partition coefficient (Wildman–Crippen LogP) is 15.3. The molecule has 3 heteroatoms. The second-order valence-corrected chi connectivity index (χ2v) is 15.4. The lowest BCUT2D eigenvalue weighted by Gasteiger charge is -2.14. The van der Waals surface area contributed by atoms with Crippen LogP contribution in [-0.2, 0) is 0 Å². The van der Waals surface area contributed by atoms with Crippen molar-refractivity contribution in [1.82, 2.24) is 9.38 Å². The lowest BCUT2D eigenvalue weighted by molar-refractivity contribution is 0.644. The molecule has 3 nitrogen and oxygen atoms in total. The number of para-hydroxylation sites is 3. The van der Waals surface area contributed by atoms with Crippen LogP contribution < -0.4 is 0 Å². The Hall–Kier alpha value is -7.75. The van der Waals surface area contributed by atoms with Crippen LogP contribution in [0.1, 0.15) is 0 Å². The van der Waals surface area contributed by atoms with E-state index in [0.717, 1.165) is 33.3 Å². The molecular weight excluding hydrogens is 705 g/mol. The molecule has 0 spiro atoms. The molecule has 0 unspecified atom stereocenters. The molecule has 0 radical (unpaired) electrons. The zero-order valence-electron chi connectivity index (χ0n) is 31.3. The Kier molecular flexibility index (Phi) is 6.44. The maximum absolute atomic E-state index is 6.58. The van der Waals surface area contributed by atoms with E-state index >= 15 is 0 Å². The molecule has 0 fully saturated rings. The van der Waals surface area contributed by atoms with Crippen molar-refractivity contribution in [3.63, 3.8) is 0 Å². The molecule has 0 atom stereocenters. The number of benzene rings is 9. The quantitative estimate of drug-likeness (QED) is 0.168. The highest BCUT2D eigenvalue weighted by atomic mass is 16.4. The van der Waals surface area contributed by atoms with Crippen LogP contribution >= 0.6 is 0 Å². The molecule has 2 heterocycles. The molecule has 0 bridgehead atoms. The third kappa shape index (κ3) is 4.36. The lowest BCUT2D eigenvalue weighted by Crippen LogP contribution is -1.87. The van der Waals surface area contributed by atoms with Gasteiger partial charge in [0.15, 0.2) is 5.58 Å². The molecule has 0 saturated heterocycles. The van der Waals surface area contributed by atoms with Crippen LogP contribution in [0.25, 0.3) is 125 Å². The SMILES string of the molecule is c1ccc2c(c1)nc1oc3c(-c4ccc5c6ccccc6c6cc7c8ccccc8c8ccccc8c8ccccc8c7cc6c6ccccc6c5c4)cccc3n12. The monoisotopic (exact) mass is 736 g/mol. The highest BCUT2D eigenvalue weighted by molar-refractivity contribution is 6.32. The van der Waals surface area contributed by atoms with Crippen molar-refractivity contribution in [1.29, 1.82) is 0 Å². The van der Waals surface area contributed by atoms with E-state index in [0.29, 0.717) is 5.84 Å². The van der Waals surface area contributed by atoms with E-state index in [9.17, 15) is 0 Å². The van der Waals surface area contributed by atoms with Crippen LogP contribution in [0, 0.1) is 0 Å². The van der Waals surface area contributed by atoms with Crippen molar-refractivity contribution in [2.45, 2.75) is 0 Å². The van der Waals surface area contributed by atoms with Crippen LogP contribution in [0.3, 0.4) is 0 Å². The van der Waals surface area contributed by atoms with Crippen molar-refractivity contribution in [2.24, 2.45) is 0 Å². The minimum Gasteiger partial charge on any atom is -0.422 e. The fraction of sp³-hybridized carbons (Fsp3) is 0. The minimum atomic E-state index is 0.605. The van der Waals surface area contributed by atoms with Gasteiger partial charge in [-0.3, -0.25) is 4.40 Å². The molecule has 13 aromatic rings. The standard InChI is InChI=1S/C55H32N2O/c1-2-15-36-35(14-1)37-16-3-6-19-40(37)47-31-49-42-21-8-5-18-39(42)45-29-28-33(34-24-13-27-53-54(34)58-55-56-51-25-11-12-26-52(51)57(53)55)30-46(45)43-22-9-10-23-44(43)50(49)32-48(47)41-20-7-4-17-38(36)41/h1-32H. The number of aromatic nitrogens is 2. The van der Waals surface area contributed by atoms with E-state index in [2.05, 4.69) is 186 Å². The summed E-state index contributed by atoms with van der Waals surface area (Å²) in [5.74, 6) is 0.605. The van der Waals surface area contributed by atoms with Crippen LogP contribution in [-0.4, -0.2) is 9.38 Å². The fourth-order valence-electron chi connectivity index (χ4n) is 9.86. The van der Waals surface area contributed by atoms with Gasteiger partial charge in [-0.05, 0) is 128 Å². The Bertz CT molecular complexity index is 3980. The van der Waals surface area contributed by atoms with E-state index in [4.69, 9.17) is 9.40 Å². The van der Waals surface area contributed by atoms with Crippen molar-refractivity contribution in [3.8, 4) is 11.1 Å². The molecule has 13 rings (SSSR count). The predicted molar refractivity (Wildman–Crippen MR) is 246 cm³/mol. The van der Waals surface area contributed by atoms with Crippen molar-refractivity contribution in [2.75, 3.05) is 0 Å². The molecule has 0 aliphatic carbocycles. The molecule has 58 heavy (non-hydrogen) atoms. The third-order valence-electron chi connectivity index (χ3n) is 12.4. The summed E-state index contributed by atoms with van der Waals surface area (Å²) in [4.78, 5) is 4.83. The number of fused-ring (bicyclic) bond motifs is 21. The zero-order chi connectivity index (χ0) is 37.9. The smallest absolute Gasteiger partial charge is 0.307 e. The first kappa shape index (κ1) is 31.5. The third-order valence-corrected chi connectivity index (χ3v) is 12.4. The van der Waals surface area contributed by atoms with Crippen LogP contribution in [0.15, 0.2) is 199 Å². The summed E-state index contributed by atoms with van der Waals surface area (Å²) in [6.07, 6.45) is 0. The van der Waals surface area contributed by atoms with Gasteiger partial charge in [-0.1, -0.05) is 158 Å². The first-order valence-corrected chi connectivity index (χ1v) is 19.9. The van der Waals surface area contributed by atoms with Gasteiger partial charge in [0, 0.05) is 5.56 Å². The fourth-order valence-corrected chi connectivity index (χ4v) is 9.86. The summed E-state index contributed by atoms with van der Waals surface area (Å²) in [6.45, 7) is 0. The molecule has 0 saturated carbocycles. The number of nitrogens with zero attached hydrogens (tertiary/aromatic N) is 2. The zero-order valence-corrected chi connectivity index (χ0v) is 31.3. The molecule has 268 valence electrons. The number of imidazole rings is 1. The topological polar surface area (TPSA) is 30.4 Å². The Morgan fingerprint density at radius 3 is 1.17 bits per heavy atom. The van der Waals surface area contributed by atoms with E-state index in [-0.39, 0.29) is 0 Å². The highest BCUT2D eigenvalue weighted by Crippen LogP contribution is 2.43. The van der Waals surface area contributed by atoms with Crippen molar-refractivity contribution in [3.05, 3.63) is 194 Å². The summed E-state index contributed by atoms with van der Waals surface area (Å²) in [5, 5.41) is 19.7. The Morgan fingerprint density at radius 2 is 0.690 bits per heavy atom. The first-order chi connectivity index (χ1) is 28.8. The van der Waals surface area contributed by atoms with Gasteiger partial charge in [0.05, 0.1) is 16.6 Å². The van der Waals surface area contributed by atoms with E-state index < -0.39 is 0 Å². The van der Waals surface area contributed by atoms with Gasteiger partial charge in [-0.2, -0.15) is 4.98 Å². The summed E-state index contributed by atoms with van der Waals surface area (Å²) in [7, 11) is 0.